The van der Waals surface area contributed by atoms with Crippen LogP contribution in [-0.2, 0) is 20.7 Å². The third kappa shape index (κ3) is 8.69. The number of aldehydes is 1. The quantitative estimate of drug-likeness (QED) is 0.155. The van der Waals surface area contributed by atoms with E-state index in [1.54, 1.807) is 39.0 Å². The largest absolute Gasteiger partial charge is 0.490 e. The van der Waals surface area contributed by atoms with Gasteiger partial charge in [-0.25, -0.2) is 18.6 Å². The van der Waals surface area contributed by atoms with E-state index >= 15 is 4.39 Å². The Morgan fingerprint density at radius 1 is 1.07 bits per heavy atom. The van der Waals surface area contributed by atoms with E-state index in [-0.39, 0.29) is 35.4 Å². The Balaban J connectivity index is 1.83. The summed E-state index contributed by atoms with van der Waals surface area (Å²) in [5.41, 5.74) is 2.81. The minimum atomic E-state index is -1.14. The molecule has 0 N–H and O–H groups in total. The molecule has 46 heavy (non-hydrogen) atoms. The third-order valence-corrected chi connectivity index (χ3v) is 8.05. The van der Waals surface area contributed by atoms with Gasteiger partial charge in [-0.15, -0.1) is 0 Å². The maximum atomic E-state index is 15.7. The number of carbonyl (C=O) groups is 2. The van der Waals surface area contributed by atoms with Crippen LogP contribution in [0.5, 0.6) is 5.75 Å². The molecule has 2 aromatic carbocycles. The fourth-order valence-corrected chi connectivity index (χ4v) is 5.65. The zero-order chi connectivity index (χ0) is 33.8. The Hall–Kier alpha value is -3.85. The Morgan fingerprint density at radius 3 is 2.28 bits per heavy atom. The maximum absolute atomic E-state index is 15.7. The maximum Gasteiger partial charge on any atom is 0.340 e. The SMILES string of the molecule is Cc1nc(C=O)c(-c2ccc(OCCc3ccc(F)cc3)c(F)c2)c(N2CCC(C)(C)CC2)c1[C@H](OC(C)(C)C)C(=O)OC(C)C. The van der Waals surface area contributed by atoms with E-state index in [1.807, 2.05) is 20.8 Å². The van der Waals surface area contributed by atoms with Crippen LogP contribution in [0.15, 0.2) is 42.5 Å². The highest BCUT2D eigenvalue weighted by molar-refractivity contribution is 5.96. The molecule has 0 unspecified atom stereocenters. The van der Waals surface area contributed by atoms with Gasteiger partial charge >= 0.3 is 5.97 Å². The molecule has 0 spiro atoms. The summed E-state index contributed by atoms with van der Waals surface area (Å²) in [6.45, 7) is 16.8. The van der Waals surface area contributed by atoms with Crippen LogP contribution < -0.4 is 9.64 Å². The molecule has 1 aliphatic rings. The summed E-state index contributed by atoms with van der Waals surface area (Å²) in [6.07, 6.45) is 1.36. The highest BCUT2D eigenvalue weighted by Crippen LogP contribution is 2.45. The first-order valence-corrected chi connectivity index (χ1v) is 15.9. The average Bonchev–Trinajstić information content (AvgIpc) is 2.96. The van der Waals surface area contributed by atoms with Crippen molar-refractivity contribution < 1.29 is 32.6 Å². The summed E-state index contributed by atoms with van der Waals surface area (Å²) in [6, 6.07) is 10.6. The number of anilines is 1. The second-order valence-corrected chi connectivity index (χ2v) is 14.0. The van der Waals surface area contributed by atoms with Gasteiger partial charge in [0.25, 0.3) is 0 Å². The van der Waals surface area contributed by atoms with Gasteiger partial charge in [-0.05, 0) is 95.2 Å². The van der Waals surface area contributed by atoms with E-state index in [4.69, 9.17) is 14.2 Å². The Kier molecular flexibility index (Phi) is 10.9. The van der Waals surface area contributed by atoms with E-state index in [2.05, 4.69) is 23.7 Å². The van der Waals surface area contributed by atoms with Gasteiger partial charge in [-0.1, -0.05) is 32.0 Å². The first-order valence-electron chi connectivity index (χ1n) is 15.9. The number of nitrogens with zero attached hydrogens (tertiary/aromatic N) is 2. The van der Waals surface area contributed by atoms with E-state index in [9.17, 15) is 14.0 Å². The molecule has 0 saturated carbocycles. The summed E-state index contributed by atoms with van der Waals surface area (Å²) >= 11 is 0. The van der Waals surface area contributed by atoms with E-state index in [1.165, 1.54) is 24.3 Å². The van der Waals surface area contributed by atoms with Gasteiger partial charge < -0.3 is 19.1 Å². The molecule has 1 saturated heterocycles. The standard InChI is InChI=1S/C37H46F2N2O5/c1-23(2)45-35(43)34(46-36(4,5)6)31-24(3)40-29(22-42)32(33(31)41-18-16-37(7,8)17-19-41)26-11-14-30(28(39)21-26)44-20-15-25-9-12-27(38)13-10-25/h9-14,21-23,34H,15-20H2,1-8H3/t34-/m0/s1. The van der Waals surface area contributed by atoms with Gasteiger partial charge in [-0.2, -0.15) is 0 Å². The molecule has 1 aromatic heterocycles. The summed E-state index contributed by atoms with van der Waals surface area (Å²) in [4.78, 5) is 33.1. The minimum absolute atomic E-state index is 0.0505. The van der Waals surface area contributed by atoms with Crippen LogP contribution in [0.1, 0.15) is 94.7 Å². The van der Waals surface area contributed by atoms with Gasteiger partial charge in [0.05, 0.1) is 24.0 Å². The molecule has 1 fully saturated rings. The van der Waals surface area contributed by atoms with Crippen LogP contribution in [0.4, 0.5) is 14.5 Å². The Morgan fingerprint density at radius 2 is 1.72 bits per heavy atom. The number of hydrogen-bond donors (Lipinski definition) is 0. The Labute approximate surface area is 271 Å². The molecule has 7 nitrogen and oxygen atoms in total. The number of halogens is 2. The molecule has 4 rings (SSSR count). The van der Waals surface area contributed by atoms with Crippen LogP contribution in [-0.4, -0.2) is 48.6 Å². The highest BCUT2D eigenvalue weighted by atomic mass is 19.1. The predicted molar refractivity (Wildman–Crippen MR) is 175 cm³/mol. The number of piperidine rings is 1. The zero-order valence-corrected chi connectivity index (χ0v) is 28.2. The van der Waals surface area contributed by atoms with E-state index in [0.717, 1.165) is 18.4 Å². The first kappa shape index (κ1) is 35.0. The molecule has 1 atom stereocenters. The van der Waals surface area contributed by atoms with Crippen molar-refractivity contribution in [2.24, 2.45) is 5.41 Å². The smallest absolute Gasteiger partial charge is 0.340 e. The highest BCUT2D eigenvalue weighted by Gasteiger charge is 2.38. The van der Waals surface area contributed by atoms with Gasteiger partial charge in [0.15, 0.2) is 24.0 Å². The second kappa shape index (κ2) is 14.3. The number of rotatable bonds is 11. The fraction of sp³-hybridized carbons (Fsp3) is 0.486. The summed E-state index contributed by atoms with van der Waals surface area (Å²) in [5.74, 6) is -1.44. The molecule has 0 aliphatic carbocycles. The number of carbonyl (C=O) groups excluding carboxylic acids is 2. The molecular formula is C37H46F2N2O5. The normalized spacial score (nSPS) is 15.5. The van der Waals surface area contributed by atoms with Crippen LogP contribution in [0.3, 0.4) is 0 Å². The Bertz CT molecular complexity index is 1540. The van der Waals surface area contributed by atoms with Gasteiger partial charge in [-0.3, -0.25) is 4.79 Å². The van der Waals surface area contributed by atoms with E-state index in [0.29, 0.717) is 53.9 Å². The van der Waals surface area contributed by atoms with E-state index < -0.39 is 23.5 Å². The first-order chi connectivity index (χ1) is 21.6. The molecule has 9 heteroatoms. The third-order valence-electron chi connectivity index (χ3n) is 8.05. The number of aromatic nitrogens is 1. The van der Waals surface area contributed by atoms with Crippen molar-refractivity contribution in [2.75, 3.05) is 24.6 Å². The van der Waals surface area contributed by atoms with Crippen molar-refractivity contribution in [1.82, 2.24) is 4.98 Å². The lowest BCUT2D eigenvalue weighted by molar-refractivity contribution is -0.171. The van der Waals surface area contributed by atoms with Crippen molar-refractivity contribution in [3.05, 3.63) is 76.6 Å². The molecule has 0 bridgehead atoms. The molecule has 2 heterocycles. The number of hydrogen-bond acceptors (Lipinski definition) is 7. The molecular weight excluding hydrogens is 590 g/mol. The van der Waals surface area contributed by atoms with Crippen LogP contribution >= 0.6 is 0 Å². The number of ether oxygens (including phenoxy) is 3. The average molecular weight is 637 g/mol. The molecule has 248 valence electrons. The number of benzene rings is 2. The number of esters is 1. The van der Waals surface area contributed by atoms with Crippen molar-refractivity contribution in [1.29, 1.82) is 0 Å². The monoisotopic (exact) mass is 636 g/mol. The fourth-order valence-electron chi connectivity index (χ4n) is 5.65. The number of aryl methyl sites for hydroxylation is 1. The lowest BCUT2D eigenvalue weighted by Gasteiger charge is -2.41. The predicted octanol–water partition coefficient (Wildman–Crippen LogP) is 8.20. The molecule has 1 aliphatic heterocycles. The summed E-state index contributed by atoms with van der Waals surface area (Å²) in [7, 11) is 0. The summed E-state index contributed by atoms with van der Waals surface area (Å²) < 4.78 is 46.7. The van der Waals surface area contributed by atoms with Crippen LogP contribution in [0.2, 0.25) is 0 Å². The summed E-state index contributed by atoms with van der Waals surface area (Å²) in [5, 5.41) is 0. The molecule has 0 radical (unpaired) electrons. The van der Waals surface area contributed by atoms with Crippen molar-refractivity contribution >= 4 is 17.9 Å². The van der Waals surface area contributed by atoms with Crippen molar-refractivity contribution in [2.45, 2.75) is 92.5 Å². The molecule has 3 aromatic rings. The minimum Gasteiger partial charge on any atom is -0.490 e. The lowest BCUT2D eigenvalue weighted by Crippen LogP contribution is -2.39. The van der Waals surface area contributed by atoms with Gasteiger partial charge in [0.1, 0.15) is 11.5 Å². The van der Waals surface area contributed by atoms with Crippen molar-refractivity contribution in [3.8, 4) is 16.9 Å². The molecule has 0 amide bonds. The number of pyridine rings is 1. The van der Waals surface area contributed by atoms with Gasteiger partial charge in [0.2, 0.25) is 0 Å². The van der Waals surface area contributed by atoms with Gasteiger partial charge in [0, 0.05) is 36.3 Å². The van der Waals surface area contributed by atoms with Crippen LogP contribution in [0, 0.1) is 24.0 Å². The second-order valence-electron chi connectivity index (χ2n) is 14.0. The zero-order valence-electron chi connectivity index (χ0n) is 28.2. The lowest BCUT2D eigenvalue weighted by atomic mass is 9.81. The topological polar surface area (TPSA) is 78.0 Å². The van der Waals surface area contributed by atoms with Crippen molar-refractivity contribution in [3.63, 3.8) is 0 Å². The van der Waals surface area contributed by atoms with Crippen LogP contribution in [0.25, 0.3) is 11.1 Å².